The molecule has 0 bridgehead atoms. The number of ether oxygens (including phenoxy) is 1. The Morgan fingerprint density at radius 1 is 0.545 bits per heavy atom. The first-order chi connectivity index (χ1) is 21.8. The van der Waals surface area contributed by atoms with Gasteiger partial charge < -0.3 is 13.9 Å². The van der Waals surface area contributed by atoms with E-state index in [1.807, 2.05) is 0 Å². The van der Waals surface area contributed by atoms with Gasteiger partial charge in [0.25, 0.3) is 6.47 Å². The molecular weight excluding hydrogens is 540 g/mol. The molecular formula is C40H30N2O2. The molecule has 0 unspecified atom stereocenters. The molecule has 0 atom stereocenters. The molecule has 0 N–H and O–H groups in total. The molecule has 1 aliphatic heterocycles. The lowest BCUT2D eigenvalue weighted by Crippen LogP contribution is -2.10. The zero-order valence-electron chi connectivity index (χ0n) is 24.4. The fraction of sp³-hybridized carbons (Fsp3) is 0.0750. The molecule has 1 aliphatic rings. The van der Waals surface area contributed by atoms with Crippen LogP contribution >= 0.6 is 0 Å². The van der Waals surface area contributed by atoms with E-state index in [-0.39, 0.29) is 0 Å². The predicted octanol–water partition coefficient (Wildman–Crippen LogP) is 9.57. The number of hydrogen-bond donors (Lipinski definition) is 0. The molecule has 8 aromatic rings. The highest BCUT2D eigenvalue weighted by Gasteiger charge is 2.25. The molecule has 0 spiro atoms. The summed E-state index contributed by atoms with van der Waals surface area (Å²) in [6.07, 6.45) is 0.973. The van der Waals surface area contributed by atoms with Gasteiger partial charge in [-0.05, 0) is 29.2 Å². The number of aromatic nitrogens is 2. The Hall–Kier alpha value is -5.61. The SMILES string of the molecule is COC=O.c1ccc(-c2cccc3c4ccc5c6cccc(-c7ccccc7)c6n6c5c4n(c23)CCc2ccccc2-6)cc1. The lowest BCUT2D eigenvalue weighted by atomic mass is 10.0. The maximum absolute atomic E-state index is 8.95. The quantitative estimate of drug-likeness (QED) is 0.198. The van der Waals surface area contributed by atoms with Gasteiger partial charge in [-0.15, -0.1) is 0 Å². The van der Waals surface area contributed by atoms with Crippen LogP contribution in [0, 0.1) is 0 Å². The number of nitrogens with zero attached hydrogens (tertiary/aromatic N) is 2. The summed E-state index contributed by atoms with van der Waals surface area (Å²) in [5, 5.41) is 5.26. The molecule has 4 heteroatoms. The van der Waals surface area contributed by atoms with Crippen molar-refractivity contribution in [3.63, 3.8) is 0 Å². The number of rotatable bonds is 3. The summed E-state index contributed by atoms with van der Waals surface area (Å²) in [6, 6.07) is 49.0. The normalized spacial score (nSPS) is 12.1. The minimum absolute atomic E-state index is 0.375. The lowest BCUT2D eigenvalue weighted by Gasteiger charge is -2.20. The van der Waals surface area contributed by atoms with Crippen molar-refractivity contribution in [2.45, 2.75) is 13.0 Å². The number of carbonyl (C=O) groups excluding carboxylic acids is 1. The van der Waals surface area contributed by atoms with Crippen molar-refractivity contribution in [1.82, 2.24) is 9.13 Å². The van der Waals surface area contributed by atoms with E-state index >= 15 is 0 Å². The van der Waals surface area contributed by atoms with Crippen LogP contribution in [-0.2, 0) is 22.5 Å². The Balaban J connectivity index is 0.000000684. The maximum atomic E-state index is 8.95. The Bertz CT molecular complexity index is 2330. The van der Waals surface area contributed by atoms with Crippen molar-refractivity contribution in [3.05, 3.63) is 139 Å². The van der Waals surface area contributed by atoms with Gasteiger partial charge in [0.05, 0.1) is 29.2 Å². The van der Waals surface area contributed by atoms with Crippen LogP contribution in [-0.4, -0.2) is 22.7 Å². The van der Waals surface area contributed by atoms with Gasteiger partial charge in [-0.25, -0.2) is 0 Å². The molecule has 6 aromatic carbocycles. The smallest absolute Gasteiger partial charge is 0.292 e. The molecule has 44 heavy (non-hydrogen) atoms. The molecule has 4 nitrogen and oxygen atoms in total. The number of carbonyl (C=O) groups is 1. The van der Waals surface area contributed by atoms with Gasteiger partial charge in [0.15, 0.2) is 0 Å². The molecule has 2 aromatic heterocycles. The Morgan fingerprint density at radius 3 is 1.70 bits per heavy atom. The summed E-state index contributed by atoms with van der Waals surface area (Å²) in [7, 11) is 1.31. The monoisotopic (exact) mass is 570 g/mol. The number of para-hydroxylation sites is 3. The van der Waals surface area contributed by atoms with Crippen LogP contribution in [0.25, 0.3) is 71.6 Å². The average Bonchev–Trinajstić information content (AvgIpc) is 3.60. The molecule has 3 heterocycles. The molecule has 0 radical (unpaired) electrons. The first-order valence-electron chi connectivity index (χ1n) is 15.0. The summed E-state index contributed by atoms with van der Waals surface area (Å²) in [5.41, 5.74) is 13.0. The van der Waals surface area contributed by atoms with Gasteiger partial charge in [-0.1, -0.05) is 127 Å². The average molecular weight is 571 g/mol. The highest BCUT2D eigenvalue weighted by atomic mass is 16.5. The number of benzene rings is 6. The third-order valence-electron chi connectivity index (χ3n) is 8.89. The van der Waals surface area contributed by atoms with Crippen LogP contribution in [0.5, 0.6) is 0 Å². The summed E-state index contributed by atoms with van der Waals surface area (Å²) in [6.45, 7) is 1.31. The van der Waals surface area contributed by atoms with Crippen molar-refractivity contribution < 1.29 is 9.53 Å². The molecule has 9 rings (SSSR count). The zero-order valence-corrected chi connectivity index (χ0v) is 24.4. The number of methoxy groups -OCH3 is 1. The zero-order chi connectivity index (χ0) is 29.6. The van der Waals surface area contributed by atoms with E-state index in [1.165, 1.54) is 84.2 Å². The van der Waals surface area contributed by atoms with Gasteiger partial charge in [-0.3, -0.25) is 4.79 Å². The lowest BCUT2D eigenvalue weighted by molar-refractivity contribution is -0.126. The minimum Gasteiger partial charge on any atom is -0.471 e. The predicted molar refractivity (Wildman–Crippen MR) is 181 cm³/mol. The van der Waals surface area contributed by atoms with Crippen molar-refractivity contribution in [1.29, 1.82) is 0 Å². The van der Waals surface area contributed by atoms with Crippen LogP contribution in [0.1, 0.15) is 5.56 Å². The third kappa shape index (κ3) is 3.88. The fourth-order valence-corrected chi connectivity index (χ4v) is 7.13. The van der Waals surface area contributed by atoms with E-state index in [4.69, 9.17) is 4.79 Å². The second-order valence-electron chi connectivity index (χ2n) is 11.2. The second-order valence-corrected chi connectivity index (χ2v) is 11.2. The first kappa shape index (κ1) is 26.1. The highest BCUT2D eigenvalue weighted by molar-refractivity contribution is 6.25. The number of hydrogen-bond acceptors (Lipinski definition) is 2. The summed E-state index contributed by atoms with van der Waals surface area (Å²) >= 11 is 0. The molecule has 0 aliphatic carbocycles. The molecule has 0 saturated heterocycles. The van der Waals surface area contributed by atoms with E-state index in [0.717, 1.165) is 13.0 Å². The van der Waals surface area contributed by atoms with Crippen LogP contribution in [0.4, 0.5) is 0 Å². The van der Waals surface area contributed by atoms with E-state index in [2.05, 4.69) is 147 Å². The van der Waals surface area contributed by atoms with Crippen molar-refractivity contribution in [3.8, 4) is 27.9 Å². The van der Waals surface area contributed by atoms with Crippen molar-refractivity contribution in [2.75, 3.05) is 7.11 Å². The Kier molecular flexibility index (Phi) is 6.27. The minimum atomic E-state index is 0.375. The summed E-state index contributed by atoms with van der Waals surface area (Å²) < 4.78 is 9.05. The van der Waals surface area contributed by atoms with Gasteiger partial charge in [0.2, 0.25) is 0 Å². The van der Waals surface area contributed by atoms with Crippen LogP contribution in [0.3, 0.4) is 0 Å². The summed E-state index contributed by atoms with van der Waals surface area (Å²) in [5.74, 6) is 0. The largest absolute Gasteiger partial charge is 0.471 e. The number of aryl methyl sites for hydroxylation is 2. The van der Waals surface area contributed by atoms with Crippen LogP contribution < -0.4 is 0 Å². The van der Waals surface area contributed by atoms with E-state index in [9.17, 15) is 0 Å². The van der Waals surface area contributed by atoms with Crippen molar-refractivity contribution >= 4 is 50.1 Å². The van der Waals surface area contributed by atoms with Crippen LogP contribution in [0.15, 0.2) is 133 Å². The van der Waals surface area contributed by atoms with Gasteiger partial charge in [0.1, 0.15) is 0 Å². The molecule has 212 valence electrons. The van der Waals surface area contributed by atoms with Gasteiger partial charge in [-0.2, -0.15) is 0 Å². The van der Waals surface area contributed by atoms with Crippen molar-refractivity contribution in [2.24, 2.45) is 0 Å². The second kappa shape index (κ2) is 10.6. The Morgan fingerprint density at radius 2 is 1.07 bits per heavy atom. The van der Waals surface area contributed by atoms with E-state index in [0.29, 0.717) is 6.47 Å². The molecule has 0 amide bonds. The third-order valence-corrected chi connectivity index (χ3v) is 8.89. The topological polar surface area (TPSA) is 36.2 Å². The summed E-state index contributed by atoms with van der Waals surface area (Å²) in [4.78, 5) is 8.95. The number of fused-ring (bicyclic) bond motifs is 8. The van der Waals surface area contributed by atoms with Gasteiger partial charge >= 0.3 is 0 Å². The van der Waals surface area contributed by atoms with Crippen LogP contribution in [0.2, 0.25) is 0 Å². The van der Waals surface area contributed by atoms with E-state index in [1.54, 1.807) is 0 Å². The molecule has 0 saturated carbocycles. The first-order valence-corrected chi connectivity index (χ1v) is 15.0. The highest BCUT2D eigenvalue weighted by Crippen LogP contribution is 2.45. The van der Waals surface area contributed by atoms with E-state index < -0.39 is 0 Å². The maximum Gasteiger partial charge on any atom is 0.292 e. The molecule has 0 fully saturated rings. The Labute approximate surface area is 255 Å². The standard InChI is InChI=1S/C38H26N2.C2H4O2/c1-3-11-25(12-4-1)28-16-9-18-30-32-21-22-33-31-19-10-17-29(26-13-5-2-6-14-26)36(31)40-34-20-8-7-15-27(34)23-24-39(35(28)30)37(32)38(33)40;1-4-2-3/h1-22H,23-24H2;2H,1H3. The van der Waals surface area contributed by atoms with Gasteiger partial charge in [0, 0.05) is 44.9 Å². The fourth-order valence-electron chi connectivity index (χ4n) is 7.13.